The van der Waals surface area contributed by atoms with Crippen LogP contribution in [-0.2, 0) is 13.1 Å². The molecule has 2 atom stereocenters. The van der Waals surface area contributed by atoms with Gasteiger partial charge in [0.15, 0.2) is 0 Å². The van der Waals surface area contributed by atoms with E-state index in [0.29, 0.717) is 13.1 Å². The molecule has 0 fully saturated rings. The number of hydrogen-bond acceptors (Lipinski definition) is 7. The molecule has 10 aromatic rings. The van der Waals surface area contributed by atoms with Crippen molar-refractivity contribution in [1.29, 1.82) is 0 Å². The molecule has 0 aliphatic carbocycles. The number of nitrogens with zero attached hydrogens (tertiary/aromatic N) is 3. The van der Waals surface area contributed by atoms with Crippen LogP contribution in [0.4, 0.5) is 0 Å². The summed E-state index contributed by atoms with van der Waals surface area (Å²) in [6.07, 6.45) is 0. The smallest absolute Gasteiger partial charge is 0.309 e. The second kappa shape index (κ2) is 13.9. The molecule has 0 aliphatic heterocycles. The topological polar surface area (TPSA) is 62.3 Å². The SMILES string of the molecule is CN(Cc1cc2ccccc2c2c1op(N(C)C)oc1ccc3ccccc3c12)Cc1cc2ccccc2c2c1op(N(C)C)oc1ccc3ccccc3c12. The molecule has 0 bridgehead atoms. The zero-order chi connectivity index (χ0) is 38.1. The minimum Gasteiger partial charge on any atom is -0.408 e. The van der Waals surface area contributed by atoms with Crippen molar-refractivity contribution < 1.29 is 16.8 Å². The van der Waals surface area contributed by atoms with E-state index in [2.05, 4.69) is 145 Å². The van der Waals surface area contributed by atoms with Crippen LogP contribution in [0.3, 0.4) is 0 Å². The van der Waals surface area contributed by atoms with Gasteiger partial charge in [0.25, 0.3) is 0 Å². The first kappa shape index (κ1) is 34.9. The van der Waals surface area contributed by atoms with Gasteiger partial charge in [-0.15, -0.1) is 0 Å². The molecule has 0 amide bonds. The van der Waals surface area contributed by atoms with Crippen LogP contribution in [0.15, 0.2) is 150 Å². The fourth-order valence-corrected chi connectivity index (χ4v) is 10.3. The van der Waals surface area contributed by atoms with Gasteiger partial charge in [0.2, 0.25) is 0 Å². The molecule has 7 nitrogen and oxygen atoms in total. The summed E-state index contributed by atoms with van der Waals surface area (Å²) < 4.78 is 31.6. The third kappa shape index (κ3) is 5.87. The lowest BCUT2D eigenvalue weighted by atomic mass is 9.95. The molecule has 2 aromatic heterocycles. The maximum Gasteiger partial charge on any atom is 0.309 e. The Morgan fingerprint density at radius 3 is 1.14 bits per heavy atom. The van der Waals surface area contributed by atoms with E-state index >= 15 is 0 Å². The molecule has 2 heterocycles. The second-order valence-electron chi connectivity index (χ2n) is 14.9. The summed E-state index contributed by atoms with van der Waals surface area (Å²) in [4.78, 5) is 2.36. The van der Waals surface area contributed by atoms with Crippen LogP contribution in [0.25, 0.3) is 87.0 Å². The van der Waals surface area contributed by atoms with E-state index < -0.39 is 16.3 Å². The van der Waals surface area contributed by atoms with Gasteiger partial charge in [-0.2, -0.15) is 0 Å². The molecule has 0 radical (unpaired) electrons. The van der Waals surface area contributed by atoms with Gasteiger partial charge >= 0.3 is 16.3 Å². The van der Waals surface area contributed by atoms with Crippen LogP contribution in [0.2, 0.25) is 0 Å². The fraction of sp³-hybridized carbons (Fsp3) is 0.149. The molecule has 2 unspecified atom stereocenters. The van der Waals surface area contributed by atoms with Gasteiger partial charge in [0.05, 0.1) is 0 Å². The van der Waals surface area contributed by atoms with E-state index in [-0.39, 0.29) is 0 Å². The standard InChI is InChI=1S/C47H41N3O4P2/c1-48(2)55-51-40-24-22-30-14-6-10-18-36(30)42(40)44-38-20-12-8-16-32(38)26-34(46(44)53-55)28-50(5)29-35-27-33-17-9-13-21-39(33)45-43-37-19-11-7-15-31(37)23-25-41(43)52-56(49(3)4)54-47(35)45/h6-27H,28-29H2,1-5H3. The van der Waals surface area contributed by atoms with Crippen LogP contribution in [0.5, 0.6) is 0 Å². The van der Waals surface area contributed by atoms with E-state index in [0.717, 1.165) is 98.1 Å². The van der Waals surface area contributed by atoms with E-state index in [1.165, 1.54) is 0 Å². The molecule has 10 rings (SSSR count). The molecular formula is C47H41N3O4P2. The van der Waals surface area contributed by atoms with E-state index in [1.54, 1.807) is 0 Å². The first-order valence-electron chi connectivity index (χ1n) is 18.8. The second-order valence-corrected chi connectivity index (χ2v) is 18.2. The number of hydrogen-bond donors (Lipinski definition) is 0. The first-order valence-corrected chi connectivity index (χ1v) is 21.1. The van der Waals surface area contributed by atoms with E-state index in [9.17, 15) is 0 Å². The lowest BCUT2D eigenvalue weighted by molar-refractivity contribution is 0.319. The van der Waals surface area contributed by atoms with Crippen molar-refractivity contribution in [2.75, 3.05) is 44.6 Å². The van der Waals surface area contributed by atoms with Crippen molar-refractivity contribution >= 4 is 103 Å². The van der Waals surface area contributed by atoms with Crippen LogP contribution in [0, 0.1) is 0 Å². The fourth-order valence-electron chi connectivity index (χ4n) is 8.21. The molecule has 0 saturated carbocycles. The third-order valence-corrected chi connectivity index (χ3v) is 13.4. The van der Waals surface area contributed by atoms with Gasteiger partial charge in [-0.1, -0.05) is 109 Å². The molecule has 0 aliphatic rings. The highest BCUT2D eigenvalue weighted by molar-refractivity contribution is 7.39. The maximum atomic E-state index is 7.02. The van der Waals surface area contributed by atoms with Gasteiger partial charge < -0.3 is 16.8 Å². The predicted molar refractivity (Wildman–Crippen MR) is 238 cm³/mol. The van der Waals surface area contributed by atoms with Crippen molar-refractivity contribution in [1.82, 2.24) is 4.90 Å². The summed E-state index contributed by atoms with van der Waals surface area (Å²) in [6, 6.07) is 47.4. The quantitative estimate of drug-likeness (QED) is 0.167. The lowest BCUT2D eigenvalue weighted by Gasteiger charge is -2.19. The summed E-state index contributed by atoms with van der Waals surface area (Å²) in [5.41, 5.74) is 5.60. The average Bonchev–Trinajstić information content (AvgIpc) is 3.51. The molecule has 0 N–H and O–H groups in total. The molecule has 0 saturated heterocycles. The lowest BCUT2D eigenvalue weighted by Crippen LogP contribution is -2.17. The molecule has 0 spiro atoms. The van der Waals surface area contributed by atoms with E-state index in [1.807, 2.05) is 37.5 Å². The molecule has 9 heteroatoms. The molecule has 56 heavy (non-hydrogen) atoms. The Morgan fingerprint density at radius 1 is 0.393 bits per heavy atom. The third-order valence-electron chi connectivity index (χ3n) is 10.7. The zero-order valence-corrected chi connectivity index (χ0v) is 33.8. The molecular weight excluding hydrogens is 732 g/mol. The Kier molecular flexibility index (Phi) is 8.67. The van der Waals surface area contributed by atoms with Crippen molar-refractivity contribution in [3.63, 3.8) is 0 Å². The zero-order valence-electron chi connectivity index (χ0n) is 32.0. The number of rotatable bonds is 6. The van der Waals surface area contributed by atoms with Crippen molar-refractivity contribution in [2.45, 2.75) is 13.1 Å². The summed E-state index contributed by atoms with van der Waals surface area (Å²) in [5.74, 6) is 0. The Bertz CT molecular complexity index is 3040. The highest BCUT2D eigenvalue weighted by Gasteiger charge is 2.21. The Hall–Kier alpha value is -5.52. The minimum atomic E-state index is -1.43. The van der Waals surface area contributed by atoms with Crippen molar-refractivity contribution in [3.05, 3.63) is 145 Å². The van der Waals surface area contributed by atoms with Crippen LogP contribution in [-0.4, -0.2) is 40.1 Å². The predicted octanol–water partition coefficient (Wildman–Crippen LogP) is 13.5. The molecule has 8 aromatic carbocycles. The Balaban J connectivity index is 1.22. The Labute approximate surface area is 326 Å². The van der Waals surface area contributed by atoms with Gasteiger partial charge in [-0.05, 0) is 74.4 Å². The van der Waals surface area contributed by atoms with Gasteiger partial charge in [0, 0.05) is 74.0 Å². The van der Waals surface area contributed by atoms with E-state index in [4.69, 9.17) is 16.8 Å². The molecule has 278 valence electrons. The highest BCUT2D eigenvalue weighted by Crippen LogP contribution is 2.45. The van der Waals surface area contributed by atoms with Gasteiger partial charge in [0.1, 0.15) is 22.3 Å². The summed E-state index contributed by atoms with van der Waals surface area (Å²) in [6.45, 7) is 1.26. The van der Waals surface area contributed by atoms with Crippen LogP contribution >= 0.6 is 16.3 Å². The monoisotopic (exact) mass is 773 g/mol. The summed E-state index contributed by atoms with van der Waals surface area (Å²) in [7, 11) is 7.38. The van der Waals surface area contributed by atoms with Crippen molar-refractivity contribution in [3.8, 4) is 0 Å². The first-order chi connectivity index (χ1) is 27.3. The van der Waals surface area contributed by atoms with Crippen LogP contribution < -0.4 is 9.34 Å². The summed E-state index contributed by atoms with van der Waals surface area (Å²) >= 11 is 0. The Morgan fingerprint density at radius 2 is 0.750 bits per heavy atom. The van der Waals surface area contributed by atoms with Gasteiger partial charge in [-0.3, -0.25) is 4.90 Å². The summed E-state index contributed by atoms with van der Waals surface area (Å²) in [5, 5.41) is 13.5. The minimum absolute atomic E-state index is 0.629. The maximum absolute atomic E-state index is 7.02. The normalized spacial score (nSPS) is 12.9. The number of fused-ring (bicyclic) bond motifs is 14. The van der Waals surface area contributed by atoms with Crippen molar-refractivity contribution in [2.24, 2.45) is 0 Å². The van der Waals surface area contributed by atoms with Gasteiger partial charge in [-0.25, -0.2) is 9.34 Å². The average molecular weight is 774 g/mol. The van der Waals surface area contributed by atoms with Crippen LogP contribution in [0.1, 0.15) is 11.1 Å². The number of benzene rings is 8. The largest absolute Gasteiger partial charge is 0.408 e. The highest BCUT2D eigenvalue weighted by atomic mass is 31.1.